The van der Waals surface area contributed by atoms with Crippen molar-refractivity contribution in [2.24, 2.45) is 0 Å². The molecule has 3 aromatic carbocycles. The zero-order chi connectivity index (χ0) is 23.0. The summed E-state index contributed by atoms with van der Waals surface area (Å²) in [6, 6.07) is 26.2. The van der Waals surface area contributed by atoms with Crippen LogP contribution in [0.4, 0.5) is 5.69 Å². The van der Waals surface area contributed by atoms with Gasteiger partial charge in [0.1, 0.15) is 11.6 Å². The van der Waals surface area contributed by atoms with Gasteiger partial charge in [0.25, 0.3) is 5.91 Å². The van der Waals surface area contributed by atoms with Gasteiger partial charge in [-0.3, -0.25) is 4.79 Å². The van der Waals surface area contributed by atoms with Crippen LogP contribution in [0.1, 0.15) is 42.5 Å². The van der Waals surface area contributed by atoms with Crippen LogP contribution >= 0.6 is 11.8 Å². The van der Waals surface area contributed by atoms with Gasteiger partial charge in [-0.15, -0.1) is 0 Å². The van der Waals surface area contributed by atoms with Crippen LogP contribution in [0.15, 0.2) is 94.4 Å². The number of anilines is 1. The molecule has 1 amide bonds. The van der Waals surface area contributed by atoms with E-state index in [9.17, 15) is 10.1 Å². The van der Waals surface area contributed by atoms with Crippen molar-refractivity contribution in [2.45, 2.75) is 48.4 Å². The first kappa shape index (κ1) is 22.7. The molecule has 1 aliphatic rings. The number of hydrogen-bond acceptors (Lipinski definition) is 4. The first-order chi connectivity index (χ1) is 16.1. The summed E-state index contributed by atoms with van der Waals surface area (Å²) in [7, 11) is 0. The van der Waals surface area contributed by atoms with E-state index in [1.54, 1.807) is 11.8 Å². The van der Waals surface area contributed by atoms with E-state index < -0.39 is 0 Å². The molecule has 0 radical (unpaired) electrons. The summed E-state index contributed by atoms with van der Waals surface area (Å²) < 4.78 is 0. The first-order valence-corrected chi connectivity index (χ1v) is 12.1. The van der Waals surface area contributed by atoms with Gasteiger partial charge < -0.3 is 10.6 Å². The van der Waals surface area contributed by atoms with Crippen LogP contribution < -0.4 is 10.6 Å². The molecule has 1 atom stereocenters. The Morgan fingerprint density at radius 1 is 1.00 bits per heavy atom. The van der Waals surface area contributed by atoms with Crippen LogP contribution in [-0.2, 0) is 17.6 Å². The van der Waals surface area contributed by atoms with Crippen LogP contribution in [0.25, 0.3) is 0 Å². The van der Waals surface area contributed by atoms with Crippen LogP contribution in [-0.4, -0.2) is 5.91 Å². The Morgan fingerprint density at radius 3 is 2.52 bits per heavy atom. The molecule has 166 valence electrons. The Morgan fingerprint density at radius 2 is 1.73 bits per heavy atom. The lowest BCUT2D eigenvalue weighted by Gasteiger charge is -2.20. The van der Waals surface area contributed by atoms with E-state index in [1.807, 2.05) is 67.6 Å². The summed E-state index contributed by atoms with van der Waals surface area (Å²) in [5.41, 5.74) is 4.75. The summed E-state index contributed by atoms with van der Waals surface area (Å²) >= 11 is 1.63. The molecule has 4 rings (SSSR count). The number of fused-ring (bicyclic) bond motifs is 1. The Kier molecular flexibility index (Phi) is 7.49. The number of carbonyl (C=O) groups excluding carboxylic acids is 1. The zero-order valence-corrected chi connectivity index (χ0v) is 19.5. The molecule has 0 aromatic heterocycles. The average Bonchev–Trinajstić information content (AvgIpc) is 2.85. The second-order valence-corrected chi connectivity index (χ2v) is 9.27. The van der Waals surface area contributed by atoms with Gasteiger partial charge >= 0.3 is 0 Å². The van der Waals surface area contributed by atoms with E-state index >= 15 is 0 Å². The molecule has 4 nitrogen and oxygen atoms in total. The highest BCUT2D eigenvalue weighted by Crippen LogP contribution is 2.33. The number of nitrogens with zero attached hydrogens (tertiary/aromatic N) is 1. The molecular weight excluding hydrogens is 426 g/mol. The van der Waals surface area contributed by atoms with Crippen molar-refractivity contribution in [1.29, 1.82) is 5.26 Å². The van der Waals surface area contributed by atoms with Gasteiger partial charge in [0.15, 0.2) is 0 Å². The molecule has 1 unspecified atom stereocenters. The number of hydrogen-bond donors (Lipinski definition) is 2. The second-order valence-electron chi connectivity index (χ2n) is 8.16. The van der Waals surface area contributed by atoms with E-state index in [2.05, 4.69) is 28.8 Å². The SMILES string of the molecule is CC(NC(=O)/C(C#N)=C\Nc1ccccc1Sc1ccccc1)c1ccc2c(c1)CCCC2. The molecule has 3 aromatic rings. The first-order valence-electron chi connectivity index (χ1n) is 11.3. The smallest absolute Gasteiger partial charge is 0.263 e. The fraction of sp³-hybridized carbons (Fsp3) is 0.214. The van der Waals surface area contributed by atoms with Crippen LogP contribution in [0.2, 0.25) is 0 Å². The third kappa shape index (κ3) is 5.85. The molecule has 1 aliphatic carbocycles. The predicted molar refractivity (Wildman–Crippen MR) is 134 cm³/mol. The number of amides is 1. The maximum absolute atomic E-state index is 12.8. The standard InChI is InChI=1S/C28H27N3OS/c1-20(22-16-15-21-9-5-6-10-23(21)17-22)31-28(32)24(18-29)19-30-26-13-7-8-14-27(26)33-25-11-3-2-4-12-25/h2-4,7-8,11-17,19-20,30H,5-6,9-10H2,1H3,(H,31,32)/b24-19-. The fourth-order valence-electron chi connectivity index (χ4n) is 3.97. The summed E-state index contributed by atoms with van der Waals surface area (Å²) in [5, 5.41) is 15.7. The van der Waals surface area contributed by atoms with Crippen LogP contribution in [0.5, 0.6) is 0 Å². The molecule has 5 heteroatoms. The molecule has 0 heterocycles. The highest BCUT2D eigenvalue weighted by atomic mass is 32.2. The average molecular weight is 454 g/mol. The Bertz CT molecular complexity index is 1200. The van der Waals surface area contributed by atoms with Gasteiger partial charge in [-0.2, -0.15) is 5.26 Å². The monoisotopic (exact) mass is 453 g/mol. The lowest BCUT2D eigenvalue weighted by atomic mass is 9.89. The molecule has 0 bridgehead atoms. The molecule has 0 saturated heterocycles. The van der Waals surface area contributed by atoms with Crippen molar-refractivity contribution in [1.82, 2.24) is 5.32 Å². The number of nitriles is 1. The third-order valence-electron chi connectivity index (χ3n) is 5.82. The highest BCUT2D eigenvalue weighted by molar-refractivity contribution is 7.99. The lowest BCUT2D eigenvalue weighted by Crippen LogP contribution is -2.28. The number of nitrogens with one attached hydrogen (secondary N) is 2. The number of rotatable bonds is 7. The minimum absolute atomic E-state index is 0.0410. The third-order valence-corrected chi connectivity index (χ3v) is 6.90. The van der Waals surface area contributed by atoms with E-state index in [-0.39, 0.29) is 17.5 Å². The lowest BCUT2D eigenvalue weighted by molar-refractivity contribution is -0.117. The number of aryl methyl sites for hydroxylation is 2. The van der Waals surface area contributed by atoms with E-state index in [1.165, 1.54) is 30.2 Å². The minimum atomic E-state index is -0.386. The van der Waals surface area contributed by atoms with Gasteiger partial charge in [-0.05, 0) is 73.6 Å². The molecule has 2 N–H and O–H groups in total. The fourth-order valence-corrected chi connectivity index (χ4v) is 4.90. The molecule has 0 aliphatic heterocycles. The van der Waals surface area contributed by atoms with Crippen molar-refractivity contribution in [3.05, 3.63) is 101 Å². The Balaban J connectivity index is 1.44. The molecule has 0 spiro atoms. The van der Waals surface area contributed by atoms with Gasteiger partial charge in [0.05, 0.1) is 11.7 Å². The quantitative estimate of drug-likeness (QED) is 0.320. The van der Waals surface area contributed by atoms with E-state index in [4.69, 9.17) is 0 Å². The normalized spacial score (nSPS) is 14.0. The zero-order valence-electron chi connectivity index (χ0n) is 18.7. The van der Waals surface area contributed by atoms with Gasteiger partial charge in [0, 0.05) is 16.0 Å². The minimum Gasteiger partial charge on any atom is -0.359 e. The summed E-state index contributed by atoms with van der Waals surface area (Å²) in [6.45, 7) is 1.96. The van der Waals surface area contributed by atoms with Crippen molar-refractivity contribution in [3.8, 4) is 6.07 Å². The summed E-state index contributed by atoms with van der Waals surface area (Å²) in [6.07, 6.45) is 6.17. The largest absolute Gasteiger partial charge is 0.359 e. The van der Waals surface area contributed by atoms with E-state index in [0.29, 0.717) is 0 Å². The van der Waals surface area contributed by atoms with Gasteiger partial charge in [-0.1, -0.05) is 60.3 Å². The topological polar surface area (TPSA) is 64.9 Å². The number of benzene rings is 3. The summed E-state index contributed by atoms with van der Waals surface area (Å²) in [4.78, 5) is 14.9. The number of para-hydroxylation sites is 1. The van der Waals surface area contributed by atoms with Crippen molar-refractivity contribution in [2.75, 3.05) is 5.32 Å². The van der Waals surface area contributed by atoms with Crippen molar-refractivity contribution in [3.63, 3.8) is 0 Å². The Hall–Kier alpha value is -3.49. The highest BCUT2D eigenvalue weighted by Gasteiger charge is 2.16. The predicted octanol–water partition coefficient (Wildman–Crippen LogP) is 6.41. The van der Waals surface area contributed by atoms with Crippen LogP contribution in [0, 0.1) is 11.3 Å². The van der Waals surface area contributed by atoms with Crippen molar-refractivity contribution >= 4 is 23.4 Å². The number of carbonyl (C=O) groups is 1. The molecule has 0 saturated carbocycles. The van der Waals surface area contributed by atoms with Gasteiger partial charge in [-0.25, -0.2) is 0 Å². The summed E-state index contributed by atoms with van der Waals surface area (Å²) in [5.74, 6) is -0.386. The Labute approximate surface area is 199 Å². The molecular formula is C28H27N3OS. The van der Waals surface area contributed by atoms with Gasteiger partial charge in [0.2, 0.25) is 0 Å². The molecule has 33 heavy (non-hydrogen) atoms. The van der Waals surface area contributed by atoms with Crippen LogP contribution in [0.3, 0.4) is 0 Å². The second kappa shape index (κ2) is 10.9. The maximum atomic E-state index is 12.8. The van der Waals surface area contributed by atoms with E-state index in [0.717, 1.165) is 33.9 Å². The van der Waals surface area contributed by atoms with Crippen molar-refractivity contribution < 1.29 is 4.79 Å². The maximum Gasteiger partial charge on any atom is 0.263 e. The molecule has 0 fully saturated rings.